The van der Waals surface area contributed by atoms with Gasteiger partial charge in [-0.15, -0.1) is 0 Å². The summed E-state index contributed by atoms with van der Waals surface area (Å²) in [4.78, 5) is 11.4. The van der Waals surface area contributed by atoms with Gasteiger partial charge in [0.05, 0.1) is 6.61 Å². The van der Waals surface area contributed by atoms with Gasteiger partial charge in [-0.2, -0.15) is 0 Å². The van der Waals surface area contributed by atoms with Crippen LogP contribution in [-0.2, 0) is 6.42 Å². The van der Waals surface area contributed by atoms with Crippen LogP contribution < -0.4 is 0 Å². The van der Waals surface area contributed by atoms with E-state index >= 15 is 0 Å². The van der Waals surface area contributed by atoms with Gasteiger partial charge in [0.1, 0.15) is 0 Å². The molecule has 0 aliphatic heterocycles. The highest BCUT2D eigenvalue weighted by Gasteiger charge is 2.03. The van der Waals surface area contributed by atoms with Crippen LogP contribution in [0.4, 0.5) is 0 Å². The molecule has 0 aliphatic carbocycles. The molecule has 0 aliphatic rings. The Balaban J connectivity index is 2.67. The Labute approximate surface area is 84.6 Å². The van der Waals surface area contributed by atoms with Crippen molar-refractivity contribution < 1.29 is 9.90 Å². The Morgan fingerprint density at radius 1 is 1.29 bits per heavy atom. The quantitative estimate of drug-likeness (QED) is 0.726. The van der Waals surface area contributed by atoms with Gasteiger partial charge < -0.3 is 5.11 Å². The van der Waals surface area contributed by atoms with E-state index < -0.39 is 0 Å². The molecule has 2 nitrogen and oxygen atoms in total. The maximum Gasteiger partial charge on any atom is 0.165 e. The zero-order chi connectivity index (χ0) is 10.4. The van der Waals surface area contributed by atoms with Gasteiger partial charge in [-0.25, -0.2) is 0 Å². The molecule has 0 saturated heterocycles. The normalized spacial score (nSPS) is 10.1. The highest BCUT2D eigenvalue weighted by Crippen LogP contribution is 2.08. The van der Waals surface area contributed by atoms with Gasteiger partial charge >= 0.3 is 0 Å². The predicted octanol–water partition coefficient (Wildman–Crippen LogP) is 2.20. The standard InChI is InChI=1S/C12H16O2/c1-2-3-10-4-6-11(7-5-10)12(14)8-9-13/h4-7,13H,2-3,8-9H2,1H3. The van der Waals surface area contributed by atoms with Crippen LogP contribution in [0.5, 0.6) is 0 Å². The van der Waals surface area contributed by atoms with E-state index in [1.165, 1.54) is 5.56 Å². The number of benzene rings is 1. The molecule has 2 heteroatoms. The summed E-state index contributed by atoms with van der Waals surface area (Å²) in [5, 5.41) is 8.62. The average molecular weight is 192 g/mol. The lowest BCUT2D eigenvalue weighted by Gasteiger charge is -2.01. The van der Waals surface area contributed by atoms with E-state index in [1.54, 1.807) is 0 Å². The van der Waals surface area contributed by atoms with Crippen molar-refractivity contribution in [3.05, 3.63) is 35.4 Å². The molecule has 0 atom stereocenters. The molecule has 0 spiro atoms. The van der Waals surface area contributed by atoms with Crippen molar-refractivity contribution in [2.24, 2.45) is 0 Å². The van der Waals surface area contributed by atoms with E-state index in [0.29, 0.717) is 5.56 Å². The van der Waals surface area contributed by atoms with E-state index in [4.69, 9.17) is 5.11 Å². The Hall–Kier alpha value is -1.15. The number of hydrogen-bond acceptors (Lipinski definition) is 2. The number of aliphatic hydroxyl groups is 1. The molecule has 0 fully saturated rings. The van der Waals surface area contributed by atoms with Crippen molar-refractivity contribution in [3.8, 4) is 0 Å². The van der Waals surface area contributed by atoms with Gasteiger partial charge in [-0.05, 0) is 12.0 Å². The number of aryl methyl sites for hydroxylation is 1. The zero-order valence-corrected chi connectivity index (χ0v) is 8.49. The largest absolute Gasteiger partial charge is 0.396 e. The summed E-state index contributed by atoms with van der Waals surface area (Å²) in [5.74, 6) is 0.00977. The fraction of sp³-hybridized carbons (Fsp3) is 0.417. The molecule has 1 aromatic carbocycles. The van der Waals surface area contributed by atoms with Crippen molar-refractivity contribution in [2.45, 2.75) is 26.2 Å². The fourth-order valence-corrected chi connectivity index (χ4v) is 1.39. The Bertz CT molecular complexity index is 288. The number of ketones is 1. The number of rotatable bonds is 5. The fourth-order valence-electron chi connectivity index (χ4n) is 1.39. The SMILES string of the molecule is CCCc1ccc(C(=O)CCO)cc1. The van der Waals surface area contributed by atoms with Crippen molar-refractivity contribution in [3.63, 3.8) is 0 Å². The molecule has 0 bridgehead atoms. The van der Waals surface area contributed by atoms with Crippen molar-refractivity contribution in [1.29, 1.82) is 0 Å². The van der Waals surface area contributed by atoms with E-state index in [9.17, 15) is 4.79 Å². The molecule has 0 aromatic heterocycles. The van der Waals surface area contributed by atoms with Crippen molar-refractivity contribution >= 4 is 5.78 Å². The first kappa shape index (κ1) is 10.9. The molecule has 0 radical (unpaired) electrons. The number of carbonyl (C=O) groups excluding carboxylic acids is 1. The van der Waals surface area contributed by atoms with E-state index in [2.05, 4.69) is 6.92 Å². The Morgan fingerprint density at radius 3 is 2.43 bits per heavy atom. The summed E-state index contributed by atoms with van der Waals surface area (Å²) >= 11 is 0. The number of hydrogen-bond donors (Lipinski definition) is 1. The molecule has 76 valence electrons. The predicted molar refractivity (Wildman–Crippen MR) is 56.5 cm³/mol. The molecule has 1 rings (SSSR count). The smallest absolute Gasteiger partial charge is 0.165 e. The van der Waals surface area contributed by atoms with Crippen LogP contribution >= 0.6 is 0 Å². The van der Waals surface area contributed by atoms with E-state index in [1.807, 2.05) is 24.3 Å². The van der Waals surface area contributed by atoms with Crippen LogP contribution in [0.15, 0.2) is 24.3 Å². The lowest BCUT2D eigenvalue weighted by atomic mass is 10.0. The average Bonchev–Trinajstić information content (AvgIpc) is 2.20. The van der Waals surface area contributed by atoms with Crippen molar-refractivity contribution in [1.82, 2.24) is 0 Å². The first-order valence-corrected chi connectivity index (χ1v) is 5.01. The second-order valence-corrected chi connectivity index (χ2v) is 3.34. The van der Waals surface area contributed by atoms with Gasteiger partial charge in [-0.1, -0.05) is 37.6 Å². The maximum atomic E-state index is 11.4. The van der Waals surface area contributed by atoms with Crippen LogP contribution in [0, 0.1) is 0 Å². The molecule has 14 heavy (non-hydrogen) atoms. The molecular formula is C12H16O2. The highest BCUT2D eigenvalue weighted by atomic mass is 16.3. The van der Waals surface area contributed by atoms with Gasteiger partial charge in [0.15, 0.2) is 5.78 Å². The van der Waals surface area contributed by atoms with Crippen LogP contribution in [0.1, 0.15) is 35.7 Å². The summed E-state index contributed by atoms with van der Waals surface area (Å²) in [6, 6.07) is 7.63. The van der Waals surface area contributed by atoms with Gasteiger partial charge in [0.2, 0.25) is 0 Å². The van der Waals surface area contributed by atoms with Gasteiger partial charge in [-0.3, -0.25) is 4.79 Å². The second kappa shape index (κ2) is 5.55. The lowest BCUT2D eigenvalue weighted by Crippen LogP contribution is -2.01. The van der Waals surface area contributed by atoms with Crippen LogP contribution in [0.3, 0.4) is 0 Å². The summed E-state index contributed by atoms with van der Waals surface area (Å²) in [5.41, 5.74) is 1.95. The Kier molecular flexibility index (Phi) is 4.33. The van der Waals surface area contributed by atoms with Crippen molar-refractivity contribution in [2.75, 3.05) is 6.61 Å². The molecule has 0 unspecified atom stereocenters. The first-order valence-electron chi connectivity index (χ1n) is 5.01. The molecule has 0 heterocycles. The molecule has 1 aromatic rings. The highest BCUT2D eigenvalue weighted by molar-refractivity contribution is 5.96. The topological polar surface area (TPSA) is 37.3 Å². The zero-order valence-electron chi connectivity index (χ0n) is 8.49. The molecule has 0 saturated carbocycles. The molecule has 0 amide bonds. The molecular weight excluding hydrogens is 176 g/mol. The van der Waals surface area contributed by atoms with Crippen LogP contribution in [0.25, 0.3) is 0 Å². The molecule has 1 N–H and O–H groups in total. The minimum absolute atomic E-state index is 0.00977. The second-order valence-electron chi connectivity index (χ2n) is 3.34. The summed E-state index contributed by atoms with van der Waals surface area (Å²) in [6.45, 7) is 2.06. The van der Waals surface area contributed by atoms with Gasteiger partial charge in [0.25, 0.3) is 0 Å². The maximum absolute atomic E-state index is 11.4. The monoisotopic (exact) mass is 192 g/mol. The van der Waals surface area contributed by atoms with Gasteiger partial charge in [0, 0.05) is 12.0 Å². The summed E-state index contributed by atoms with van der Waals surface area (Å²) < 4.78 is 0. The number of Topliss-reactive ketones (excluding diaryl/α,β-unsaturated/α-hetero) is 1. The first-order chi connectivity index (χ1) is 6.77. The van der Waals surface area contributed by atoms with E-state index in [0.717, 1.165) is 12.8 Å². The number of carbonyl (C=O) groups is 1. The third kappa shape index (κ3) is 2.96. The number of aliphatic hydroxyl groups excluding tert-OH is 1. The third-order valence-corrected chi connectivity index (χ3v) is 2.15. The third-order valence-electron chi connectivity index (χ3n) is 2.15. The van der Waals surface area contributed by atoms with Crippen LogP contribution in [0.2, 0.25) is 0 Å². The van der Waals surface area contributed by atoms with Crippen LogP contribution in [-0.4, -0.2) is 17.5 Å². The Morgan fingerprint density at radius 2 is 1.93 bits per heavy atom. The lowest BCUT2D eigenvalue weighted by molar-refractivity contribution is 0.0956. The summed E-state index contributed by atoms with van der Waals surface area (Å²) in [6.07, 6.45) is 2.38. The minimum atomic E-state index is -0.0739. The summed E-state index contributed by atoms with van der Waals surface area (Å²) in [7, 11) is 0. The minimum Gasteiger partial charge on any atom is -0.396 e. The van der Waals surface area contributed by atoms with E-state index in [-0.39, 0.29) is 18.8 Å².